The zero-order chi connectivity index (χ0) is 19.8. The van der Waals surface area contributed by atoms with Gasteiger partial charge in [-0.05, 0) is 98.1 Å². The molecule has 5 nitrogen and oxygen atoms in total. The lowest BCUT2D eigenvalue weighted by atomic mass is 9.77. The molecule has 3 aromatic rings. The van der Waals surface area contributed by atoms with Crippen LogP contribution in [-0.4, -0.2) is 16.2 Å². The Balaban J connectivity index is 1.94. The number of esters is 1. The summed E-state index contributed by atoms with van der Waals surface area (Å²) in [5, 5.41) is 19.9. The lowest BCUT2D eigenvalue weighted by Crippen LogP contribution is -2.33. The average Bonchev–Trinajstić information content (AvgIpc) is 2.92. The molecule has 2 N–H and O–H groups in total. The lowest BCUT2D eigenvalue weighted by Gasteiger charge is -2.36. The van der Waals surface area contributed by atoms with Gasteiger partial charge in [-0.15, -0.1) is 0 Å². The molecule has 2 aliphatic rings. The van der Waals surface area contributed by atoms with E-state index < -0.39 is 11.6 Å². The minimum atomic E-state index is -1.21. The van der Waals surface area contributed by atoms with Gasteiger partial charge in [0.2, 0.25) is 0 Å². The highest BCUT2D eigenvalue weighted by Crippen LogP contribution is 2.57. The number of rotatable bonds is 0. The highest BCUT2D eigenvalue weighted by Gasteiger charge is 2.54. The van der Waals surface area contributed by atoms with Crippen LogP contribution in [0.15, 0.2) is 42.5 Å². The molecular formula is C20H9I3O5. The van der Waals surface area contributed by atoms with Crippen molar-refractivity contribution in [3.63, 3.8) is 0 Å². The van der Waals surface area contributed by atoms with Crippen LogP contribution >= 0.6 is 67.8 Å². The largest absolute Gasteiger partial charge is 0.508 e. The Morgan fingerprint density at radius 3 is 1.93 bits per heavy atom. The third kappa shape index (κ3) is 2.43. The van der Waals surface area contributed by atoms with Crippen molar-refractivity contribution >= 4 is 73.7 Å². The van der Waals surface area contributed by atoms with Gasteiger partial charge >= 0.3 is 5.97 Å². The summed E-state index contributed by atoms with van der Waals surface area (Å²) in [6.45, 7) is 0. The number of benzene rings is 3. The molecule has 28 heavy (non-hydrogen) atoms. The molecule has 2 aliphatic heterocycles. The highest BCUT2D eigenvalue weighted by atomic mass is 127. The number of phenols is 2. The Hall–Kier alpha value is -1.28. The number of carbonyl (C=O) groups is 1. The van der Waals surface area contributed by atoms with Crippen molar-refractivity contribution in [3.05, 3.63) is 75.4 Å². The number of halogens is 3. The molecule has 5 rings (SSSR count). The van der Waals surface area contributed by atoms with E-state index in [0.29, 0.717) is 28.2 Å². The van der Waals surface area contributed by atoms with Crippen molar-refractivity contribution in [2.75, 3.05) is 0 Å². The smallest absolute Gasteiger partial charge is 0.341 e. The molecule has 0 amide bonds. The van der Waals surface area contributed by atoms with Crippen LogP contribution in [0.1, 0.15) is 27.0 Å². The van der Waals surface area contributed by atoms with E-state index in [1.807, 2.05) is 6.07 Å². The van der Waals surface area contributed by atoms with Gasteiger partial charge in [0.25, 0.3) is 0 Å². The minimum absolute atomic E-state index is 0.0359. The van der Waals surface area contributed by atoms with E-state index in [9.17, 15) is 15.0 Å². The van der Waals surface area contributed by atoms with E-state index in [-0.39, 0.29) is 11.5 Å². The summed E-state index contributed by atoms with van der Waals surface area (Å²) in [4.78, 5) is 13.0. The van der Waals surface area contributed by atoms with Gasteiger partial charge in [-0.1, -0.05) is 0 Å². The summed E-state index contributed by atoms with van der Waals surface area (Å²) in [6.07, 6.45) is 0. The number of hydrogen-bond acceptors (Lipinski definition) is 5. The molecule has 0 aliphatic carbocycles. The Kier molecular flexibility index (Phi) is 4.25. The number of fused-ring (bicyclic) bond motifs is 6. The molecule has 140 valence electrons. The first-order valence-corrected chi connectivity index (χ1v) is 11.3. The zero-order valence-corrected chi connectivity index (χ0v) is 20.3. The van der Waals surface area contributed by atoms with E-state index >= 15 is 0 Å². The number of aromatic hydroxyl groups is 2. The van der Waals surface area contributed by atoms with Crippen molar-refractivity contribution in [2.45, 2.75) is 5.60 Å². The molecule has 0 saturated heterocycles. The van der Waals surface area contributed by atoms with Crippen LogP contribution in [0, 0.1) is 10.7 Å². The maximum atomic E-state index is 13.0. The van der Waals surface area contributed by atoms with Gasteiger partial charge < -0.3 is 19.7 Å². The van der Waals surface area contributed by atoms with Crippen LogP contribution in [0.25, 0.3) is 0 Å². The standard InChI is InChI=1S/C20H9I3O5/c21-13-7-12-16(18(23)17(13)22)19(26)28-20(12)10-3-1-8(24)5-14(10)27-15-6-9(25)2-4-11(15)20/h1-7,24-25H. The normalized spacial score (nSPS) is 15.5. The van der Waals surface area contributed by atoms with E-state index in [1.54, 1.807) is 24.3 Å². The van der Waals surface area contributed by atoms with Crippen molar-refractivity contribution in [1.29, 1.82) is 0 Å². The van der Waals surface area contributed by atoms with Gasteiger partial charge in [0.15, 0.2) is 5.60 Å². The molecule has 8 heteroatoms. The van der Waals surface area contributed by atoms with Crippen LogP contribution in [0.4, 0.5) is 0 Å². The number of ether oxygens (including phenoxy) is 2. The fraction of sp³-hybridized carbons (Fsp3) is 0.0500. The molecule has 3 aromatic carbocycles. The number of phenolic OH excluding ortho intramolecular Hbond substituents is 2. The Morgan fingerprint density at radius 2 is 1.36 bits per heavy atom. The first-order chi connectivity index (χ1) is 13.3. The van der Waals surface area contributed by atoms with Gasteiger partial charge in [0, 0.05) is 39.5 Å². The first kappa shape index (κ1) is 18.7. The SMILES string of the molecule is O=C1OC2(c3ccc(O)cc3Oc3cc(O)ccc32)c2cc(I)c(I)c(I)c21. The maximum absolute atomic E-state index is 13.0. The maximum Gasteiger partial charge on any atom is 0.341 e. The Morgan fingerprint density at radius 1 is 0.786 bits per heavy atom. The van der Waals surface area contributed by atoms with E-state index in [2.05, 4.69) is 67.8 Å². The van der Waals surface area contributed by atoms with E-state index in [0.717, 1.165) is 16.3 Å². The quantitative estimate of drug-likeness (QED) is 0.184. The minimum Gasteiger partial charge on any atom is -0.508 e. The molecule has 1 spiro atoms. The summed E-state index contributed by atoms with van der Waals surface area (Å²) in [5.74, 6) is 0.418. The van der Waals surface area contributed by atoms with Crippen molar-refractivity contribution in [2.24, 2.45) is 0 Å². The summed E-state index contributed by atoms with van der Waals surface area (Å²) >= 11 is 6.65. The van der Waals surface area contributed by atoms with E-state index in [1.165, 1.54) is 12.1 Å². The molecule has 0 atom stereocenters. The fourth-order valence-electron chi connectivity index (χ4n) is 3.75. The third-order valence-corrected chi connectivity index (χ3v) is 10.0. The van der Waals surface area contributed by atoms with E-state index in [4.69, 9.17) is 9.47 Å². The van der Waals surface area contributed by atoms with Crippen molar-refractivity contribution in [1.82, 2.24) is 0 Å². The summed E-state index contributed by atoms with van der Waals surface area (Å²) in [5.41, 5.74) is 1.31. The topological polar surface area (TPSA) is 76.0 Å². The van der Waals surface area contributed by atoms with Crippen LogP contribution < -0.4 is 4.74 Å². The molecular weight excluding hydrogens is 701 g/mol. The summed E-state index contributed by atoms with van der Waals surface area (Å²) < 4.78 is 14.9. The second kappa shape index (κ2) is 6.36. The molecule has 0 aromatic heterocycles. The highest BCUT2D eigenvalue weighted by molar-refractivity contribution is 14.1. The van der Waals surface area contributed by atoms with Gasteiger partial charge in [-0.2, -0.15) is 0 Å². The Labute approximate surface area is 200 Å². The molecule has 0 fully saturated rings. The predicted octanol–water partition coefficient (Wildman–Crippen LogP) is 5.48. The van der Waals surface area contributed by atoms with Crippen molar-refractivity contribution in [3.8, 4) is 23.0 Å². The van der Waals surface area contributed by atoms with Gasteiger partial charge in [0.1, 0.15) is 23.0 Å². The monoisotopic (exact) mass is 710 g/mol. The molecule has 0 bridgehead atoms. The third-order valence-electron chi connectivity index (χ3n) is 4.90. The average molecular weight is 710 g/mol. The molecule has 0 saturated carbocycles. The number of hydrogen-bond donors (Lipinski definition) is 2. The van der Waals surface area contributed by atoms with Gasteiger partial charge in [-0.3, -0.25) is 0 Å². The number of carbonyl (C=O) groups excluding carboxylic acids is 1. The molecule has 0 unspecified atom stereocenters. The predicted molar refractivity (Wildman–Crippen MR) is 126 cm³/mol. The van der Waals surface area contributed by atoms with Gasteiger partial charge in [0.05, 0.1) is 5.56 Å². The summed E-state index contributed by atoms with van der Waals surface area (Å²) in [7, 11) is 0. The lowest BCUT2D eigenvalue weighted by molar-refractivity contribution is 0.0223. The molecule has 2 heterocycles. The zero-order valence-electron chi connectivity index (χ0n) is 13.8. The second-order valence-corrected chi connectivity index (χ2v) is 9.76. The van der Waals surface area contributed by atoms with Crippen LogP contribution in [-0.2, 0) is 10.3 Å². The van der Waals surface area contributed by atoms with Crippen LogP contribution in [0.2, 0.25) is 0 Å². The van der Waals surface area contributed by atoms with Crippen molar-refractivity contribution < 1.29 is 24.5 Å². The second-order valence-electron chi connectivity index (χ2n) is 6.44. The van der Waals surface area contributed by atoms with Gasteiger partial charge in [-0.25, -0.2) is 4.79 Å². The Bertz CT molecular complexity index is 1150. The summed E-state index contributed by atoms with van der Waals surface area (Å²) in [6, 6.07) is 11.4. The fourth-order valence-corrected chi connectivity index (χ4v) is 6.08. The molecule has 0 radical (unpaired) electrons. The first-order valence-electron chi connectivity index (χ1n) is 8.09. The van der Waals surface area contributed by atoms with Crippen LogP contribution in [0.5, 0.6) is 23.0 Å². The van der Waals surface area contributed by atoms with Crippen LogP contribution in [0.3, 0.4) is 0 Å².